The zero-order chi connectivity index (χ0) is 16.8. The molecule has 128 valence electrons. The topological polar surface area (TPSA) is 101 Å². The van der Waals surface area contributed by atoms with E-state index in [9.17, 15) is 9.59 Å². The third-order valence-corrected chi connectivity index (χ3v) is 5.13. The molecule has 1 atom stereocenters. The molecule has 0 radical (unpaired) electrons. The van der Waals surface area contributed by atoms with Crippen LogP contribution in [0.5, 0.6) is 0 Å². The first kappa shape index (κ1) is 17.8. The number of aromatic nitrogens is 1. The highest BCUT2D eigenvalue weighted by Gasteiger charge is 2.23. The Kier molecular flexibility index (Phi) is 6.47. The molecule has 2 amide bonds. The molecule has 7 nitrogen and oxygen atoms in total. The maximum absolute atomic E-state index is 12.2. The molecule has 1 saturated heterocycles. The van der Waals surface area contributed by atoms with Gasteiger partial charge in [0.15, 0.2) is 5.82 Å². The monoisotopic (exact) mass is 340 g/mol. The minimum absolute atomic E-state index is 0.0856. The van der Waals surface area contributed by atoms with Crippen LogP contribution in [-0.4, -0.2) is 52.5 Å². The number of piperidine rings is 1. The minimum atomic E-state index is -0.336. The highest BCUT2D eigenvalue weighted by molar-refractivity contribution is 8.01. The largest absolute Gasteiger partial charge is 0.360 e. The Morgan fingerprint density at radius 1 is 1.52 bits per heavy atom. The second-order valence-electron chi connectivity index (χ2n) is 5.83. The molecule has 1 aliphatic rings. The van der Waals surface area contributed by atoms with Gasteiger partial charge in [-0.2, -0.15) is 0 Å². The minimum Gasteiger partial charge on any atom is -0.360 e. The molecule has 0 saturated carbocycles. The number of likely N-dealkylation sites (tertiary alicyclic amines) is 1. The second kappa shape index (κ2) is 8.35. The molecule has 3 N–H and O–H groups in total. The Hall–Kier alpha value is -1.54. The highest BCUT2D eigenvalue weighted by atomic mass is 32.2. The number of nitrogens with one attached hydrogen (secondary N) is 1. The van der Waals surface area contributed by atoms with Crippen LogP contribution in [0, 0.1) is 12.8 Å². The van der Waals surface area contributed by atoms with E-state index in [1.807, 2.05) is 4.90 Å². The fourth-order valence-electron chi connectivity index (χ4n) is 2.43. The zero-order valence-corrected chi connectivity index (χ0v) is 14.4. The van der Waals surface area contributed by atoms with Crippen molar-refractivity contribution in [1.82, 2.24) is 10.1 Å². The number of hydrogen-bond donors (Lipinski definition) is 2. The van der Waals surface area contributed by atoms with Gasteiger partial charge in [0.2, 0.25) is 11.8 Å². The molecule has 23 heavy (non-hydrogen) atoms. The van der Waals surface area contributed by atoms with E-state index in [4.69, 9.17) is 10.3 Å². The molecule has 0 aromatic carbocycles. The number of rotatable bonds is 6. The molecule has 8 heteroatoms. The van der Waals surface area contributed by atoms with Gasteiger partial charge >= 0.3 is 0 Å². The second-order valence-corrected chi connectivity index (χ2v) is 7.15. The van der Waals surface area contributed by atoms with Crippen molar-refractivity contribution >= 4 is 29.4 Å². The number of aryl methyl sites for hydroxylation is 1. The van der Waals surface area contributed by atoms with Crippen molar-refractivity contribution in [1.29, 1.82) is 0 Å². The summed E-state index contributed by atoms with van der Waals surface area (Å²) in [5.41, 5.74) is 5.66. The van der Waals surface area contributed by atoms with Gasteiger partial charge in [-0.3, -0.25) is 9.59 Å². The SMILES string of the molecule is Cc1cc(NC(=O)C(C)SCC(=O)N2CCC(CN)CC2)no1. The summed E-state index contributed by atoms with van der Waals surface area (Å²) in [7, 11) is 0. The lowest BCUT2D eigenvalue weighted by Gasteiger charge is -2.31. The van der Waals surface area contributed by atoms with Crippen molar-refractivity contribution in [2.24, 2.45) is 11.7 Å². The molecular formula is C15H24N4O3S. The molecule has 1 fully saturated rings. The average Bonchev–Trinajstić information content (AvgIpc) is 2.97. The fraction of sp³-hybridized carbons (Fsp3) is 0.667. The van der Waals surface area contributed by atoms with Crippen molar-refractivity contribution in [2.45, 2.75) is 31.9 Å². The Bertz CT molecular complexity index is 541. The summed E-state index contributed by atoms with van der Waals surface area (Å²) >= 11 is 1.33. The first-order chi connectivity index (χ1) is 11.0. The van der Waals surface area contributed by atoms with Crippen LogP contribution in [0.1, 0.15) is 25.5 Å². The lowest BCUT2D eigenvalue weighted by molar-refractivity contribution is -0.129. The summed E-state index contributed by atoms with van der Waals surface area (Å²) in [4.78, 5) is 26.1. The Morgan fingerprint density at radius 2 is 2.22 bits per heavy atom. The fourth-order valence-corrected chi connectivity index (χ4v) is 3.22. The number of amides is 2. The number of anilines is 1. The molecule has 1 aliphatic heterocycles. The van der Waals surface area contributed by atoms with Crippen LogP contribution in [0.2, 0.25) is 0 Å². The molecule has 2 rings (SSSR count). The van der Waals surface area contributed by atoms with E-state index < -0.39 is 0 Å². The van der Waals surface area contributed by atoms with Gasteiger partial charge in [0.1, 0.15) is 5.76 Å². The van der Waals surface area contributed by atoms with Gasteiger partial charge in [-0.25, -0.2) is 0 Å². The zero-order valence-electron chi connectivity index (χ0n) is 13.6. The number of nitrogens with two attached hydrogens (primary N) is 1. The molecule has 2 heterocycles. The van der Waals surface area contributed by atoms with Gasteiger partial charge in [-0.15, -0.1) is 11.8 Å². The first-order valence-corrected chi connectivity index (χ1v) is 8.88. The Balaban J connectivity index is 1.72. The number of thioether (sulfide) groups is 1. The van der Waals surface area contributed by atoms with Crippen LogP contribution >= 0.6 is 11.8 Å². The van der Waals surface area contributed by atoms with E-state index in [0.29, 0.717) is 29.8 Å². The van der Waals surface area contributed by atoms with Crippen LogP contribution in [0.15, 0.2) is 10.6 Å². The van der Waals surface area contributed by atoms with Crippen LogP contribution in [0.3, 0.4) is 0 Å². The summed E-state index contributed by atoms with van der Waals surface area (Å²) < 4.78 is 4.90. The van der Waals surface area contributed by atoms with Gasteiger partial charge < -0.3 is 20.5 Å². The predicted molar refractivity (Wildman–Crippen MR) is 90.1 cm³/mol. The van der Waals surface area contributed by atoms with Gasteiger partial charge in [-0.05, 0) is 39.2 Å². The van der Waals surface area contributed by atoms with E-state index >= 15 is 0 Å². The summed E-state index contributed by atoms with van der Waals surface area (Å²) in [6.45, 7) is 5.75. The third kappa shape index (κ3) is 5.24. The number of carbonyl (C=O) groups excluding carboxylic acids is 2. The van der Waals surface area contributed by atoms with Crippen LogP contribution in [0.4, 0.5) is 5.82 Å². The van der Waals surface area contributed by atoms with Crippen molar-refractivity contribution in [3.05, 3.63) is 11.8 Å². The normalized spacial score (nSPS) is 17.1. The van der Waals surface area contributed by atoms with Gasteiger partial charge in [0.25, 0.3) is 0 Å². The van der Waals surface area contributed by atoms with Gasteiger partial charge in [0, 0.05) is 19.2 Å². The predicted octanol–water partition coefficient (Wildman–Crippen LogP) is 1.24. The highest BCUT2D eigenvalue weighted by Crippen LogP contribution is 2.19. The maximum Gasteiger partial charge on any atom is 0.238 e. The molecule has 0 bridgehead atoms. The van der Waals surface area contributed by atoms with Crippen molar-refractivity contribution in [3.8, 4) is 0 Å². The van der Waals surface area contributed by atoms with E-state index in [1.54, 1.807) is 19.9 Å². The van der Waals surface area contributed by atoms with E-state index in [-0.39, 0.29) is 17.1 Å². The number of nitrogens with zero attached hydrogens (tertiary/aromatic N) is 2. The lowest BCUT2D eigenvalue weighted by Crippen LogP contribution is -2.41. The summed E-state index contributed by atoms with van der Waals surface area (Å²) in [5, 5.41) is 6.06. The maximum atomic E-state index is 12.2. The molecule has 1 aromatic rings. The van der Waals surface area contributed by atoms with Crippen LogP contribution in [-0.2, 0) is 9.59 Å². The molecule has 1 aromatic heterocycles. The Morgan fingerprint density at radius 3 is 2.78 bits per heavy atom. The Labute approximate surface area is 140 Å². The standard InChI is InChI=1S/C15H24N4O3S/c1-10-7-13(18-22-10)17-15(21)11(2)23-9-14(20)19-5-3-12(8-16)4-6-19/h7,11-12H,3-6,8-9,16H2,1-2H3,(H,17,18,21). The van der Waals surface area contributed by atoms with Gasteiger partial charge in [-0.1, -0.05) is 5.16 Å². The van der Waals surface area contributed by atoms with Crippen LogP contribution in [0.25, 0.3) is 0 Å². The van der Waals surface area contributed by atoms with Gasteiger partial charge in [0.05, 0.1) is 11.0 Å². The summed E-state index contributed by atoms with van der Waals surface area (Å²) in [6.07, 6.45) is 1.93. The third-order valence-electron chi connectivity index (χ3n) is 4.01. The van der Waals surface area contributed by atoms with E-state index in [0.717, 1.165) is 25.9 Å². The van der Waals surface area contributed by atoms with Crippen LogP contribution < -0.4 is 11.1 Å². The van der Waals surface area contributed by atoms with E-state index in [1.165, 1.54) is 11.8 Å². The molecule has 1 unspecified atom stereocenters. The molecule has 0 aliphatic carbocycles. The smallest absolute Gasteiger partial charge is 0.238 e. The molecule has 0 spiro atoms. The lowest BCUT2D eigenvalue weighted by atomic mass is 9.97. The number of hydrogen-bond acceptors (Lipinski definition) is 6. The first-order valence-electron chi connectivity index (χ1n) is 7.83. The van der Waals surface area contributed by atoms with Crippen molar-refractivity contribution in [3.63, 3.8) is 0 Å². The van der Waals surface area contributed by atoms with Crippen molar-refractivity contribution in [2.75, 3.05) is 30.7 Å². The summed E-state index contributed by atoms with van der Waals surface area (Å²) in [6, 6.07) is 1.65. The average molecular weight is 340 g/mol. The number of carbonyl (C=O) groups is 2. The quantitative estimate of drug-likeness (QED) is 0.808. The summed E-state index contributed by atoms with van der Waals surface area (Å²) in [5.74, 6) is 1.77. The van der Waals surface area contributed by atoms with E-state index in [2.05, 4.69) is 10.5 Å². The van der Waals surface area contributed by atoms with Crippen molar-refractivity contribution < 1.29 is 14.1 Å². The molecular weight excluding hydrogens is 316 g/mol.